The van der Waals surface area contributed by atoms with Gasteiger partial charge in [0.05, 0.1) is 12.6 Å². The summed E-state index contributed by atoms with van der Waals surface area (Å²) < 4.78 is 11.0. The van der Waals surface area contributed by atoms with Gasteiger partial charge < -0.3 is 19.5 Å². The minimum atomic E-state index is -0.313. The molecule has 168 valence electrons. The summed E-state index contributed by atoms with van der Waals surface area (Å²) in [5.41, 5.74) is 3.41. The maximum Gasteiger partial charge on any atom is 0.273 e. The number of carbonyl (C=O) groups excluding carboxylic acids is 1. The van der Waals surface area contributed by atoms with E-state index in [0.29, 0.717) is 36.7 Å². The van der Waals surface area contributed by atoms with Crippen LogP contribution in [0.1, 0.15) is 53.8 Å². The number of benzene rings is 2. The van der Waals surface area contributed by atoms with Crippen LogP contribution in [-0.4, -0.2) is 53.0 Å². The van der Waals surface area contributed by atoms with Crippen molar-refractivity contribution >= 4 is 5.91 Å². The fraction of sp³-hybridized carbons (Fsp3) is 0.360. The molecule has 2 heterocycles. The van der Waals surface area contributed by atoms with Gasteiger partial charge >= 0.3 is 0 Å². The Morgan fingerprint density at radius 3 is 2.59 bits per heavy atom. The second-order valence-corrected chi connectivity index (χ2v) is 7.90. The molecular formula is C25H29N3O4. The van der Waals surface area contributed by atoms with Crippen LogP contribution >= 0.6 is 0 Å². The Morgan fingerprint density at radius 2 is 1.88 bits per heavy atom. The minimum Gasteiger partial charge on any atom is -0.507 e. The van der Waals surface area contributed by atoms with Gasteiger partial charge in [-0.25, -0.2) is 0 Å². The third kappa shape index (κ3) is 4.21. The molecule has 1 aliphatic heterocycles. The zero-order chi connectivity index (χ0) is 22.5. The third-order valence-electron chi connectivity index (χ3n) is 5.73. The molecule has 7 heteroatoms. The number of nitrogens with zero attached hydrogens (tertiary/aromatic N) is 2. The monoisotopic (exact) mass is 435 g/mol. The van der Waals surface area contributed by atoms with Gasteiger partial charge in [-0.1, -0.05) is 37.6 Å². The van der Waals surface area contributed by atoms with Crippen molar-refractivity contribution in [1.29, 1.82) is 0 Å². The summed E-state index contributed by atoms with van der Waals surface area (Å²) in [7, 11) is 1.66. The zero-order valence-electron chi connectivity index (χ0n) is 18.5. The molecule has 0 saturated heterocycles. The number of amides is 1. The average Bonchev–Trinajstić information content (AvgIpc) is 3.34. The molecule has 0 fully saturated rings. The van der Waals surface area contributed by atoms with Crippen LogP contribution in [0.15, 0.2) is 48.5 Å². The molecule has 0 saturated carbocycles. The highest BCUT2D eigenvalue weighted by Crippen LogP contribution is 2.44. The highest BCUT2D eigenvalue weighted by Gasteiger charge is 2.42. The number of methoxy groups -OCH3 is 1. The lowest BCUT2D eigenvalue weighted by atomic mass is 9.95. The van der Waals surface area contributed by atoms with Crippen molar-refractivity contribution < 1.29 is 19.4 Å². The third-order valence-corrected chi connectivity index (χ3v) is 5.73. The lowest BCUT2D eigenvalue weighted by Crippen LogP contribution is -2.31. The van der Waals surface area contributed by atoms with Crippen LogP contribution < -0.4 is 4.74 Å². The van der Waals surface area contributed by atoms with Crippen LogP contribution in [0.5, 0.6) is 11.5 Å². The molecule has 4 rings (SSSR count). The first kappa shape index (κ1) is 21.9. The molecule has 0 bridgehead atoms. The second kappa shape index (κ2) is 9.87. The van der Waals surface area contributed by atoms with Gasteiger partial charge in [0.15, 0.2) is 0 Å². The van der Waals surface area contributed by atoms with Gasteiger partial charge in [0.2, 0.25) is 0 Å². The molecular weight excluding hydrogens is 406 g/mol. The zero-order valence-corrected chi connectivity index (χ0v) is 18.5. The number of H-pyrrole nitrogens is 1. The number of phenols is 1. The van der Waals surface area contributed by atoms with Gasteiger partial charge in [-0.3, -0.25) is 9.89 Å². The summed E-state index contributed by atoms with van der Waals surface area (Å²) in [6.07, 6.45) is 2.81. The molecule has 1 aromatic heterocycles. The van der Waals surface area contributed by atoms with Crippen molar-refractivity contribution in [3.8, 4) is 22.8 Å². The molecule has 3 aromatic rings. The number of ether oxygens (including phenoxy) is 2. The fourth-order valence-corrected chi connectivity index (χ4v) is 4.11. The Kier molecular flexibility index (Phi) is 6.75. The number of fused-ring (bicyclic) bond motifs is 1. The van der Waals surface area contributed by atoms with E-state index >= 15 is 0 Å². The van der Waals surface area contributed by atoms with E-state index in [9.17, 15) is 9.90 Å². The quantitative estimate of drug-likeness (QED) is 0.457. The standard InChI is InChI=1S/C25H29N3O4/c1-3-4-16-32-18-12-10-17(11-13-18)24-21-22(19-8-5-6-9-20(19)29)26-27-23(21)25(30)28(24)14-7-15-31-2/h5-6,8-13,24,29H,3-4,7,14-16H2,1-2H3,(H,26,27)/t24-/m0/s1. The molecule has 7 nitrogen and oxygen atoms in total. The van der Waals surface area contributed by atoms with Gasteiger partial charge in [-0.2, -0.15) is 5.10 Å². The summed E-state index contributed by atoms with van der Waals surface area (Å²) in [6.45, 7) is 3.94. The van der Waals surface area contributed by atoms with E-state index in [1.807, 2.05) is 41.3 Å². The van der Waals surface area contributed by atoms with Crippen LogP contribution in [0.3, 0.4) is 0 Å². The maximum absolute atomic E-state index is 13.3. The maximum atomic E-state index is 13.3. The van der Waals surface area contributed by atoms with Gasteiger partial charge in [0, 0.05) is 31.4 Å². The van der Waals surface area contributed by atoms with E-state index in [4.69, 9.17) is 9.47 Å². The average molecular weight is 436 g/mol. The molecule has 0 aliphatic carbocycles. The summed E-state index contributed by atoms with van der Waals surface area (Å²) in [4.78, 5) is 15.1. The minimum absolute atomic E-state index is 0.0986. The van der Waals surface area contributed by atoms with Crippen molar-refractivity contribution in [2.75, 3.05) is 26.9 Å². The Bertz CT molecular complexity index is 1060. The molecule has 1 atom stereocenters. The van der Waals surface area contributed by atoms with Crippen LogP contribution in [0.4, 0.5) is 0 Å². The predicted octanol–water partition coefficient (Wildman–Crippen LogP) is 4.54. The van der Waals surface area contributed by atoms with Gasteiger partial charge in [0.25, 0.3) is 5.91 Å². The van der Waals surface area contributed by atoms with Crippen LogP contribution in [-0.2, 0) is 4.74 Å². The van der Waals surface area contributed by atoms with Crippen LogP contribution in [0.25, 0.3) is 11.3 Å². The van der Waals surface area contributed by atoms with E-state index in [2.05, 4.69) is 17.1 Å². The van der Waals surface area contributed by atoms with Crippen molar-refractivity contribution in [2.24, 2.45) is 0 Å². The van der Waals surface area contributed by atoms with E-state index in [1.54, 1.807) is 19.2 Å². The fourth-order valence-electron chi connectivity index (χ4n) is 4.11. The Hall–Kier alpha value is -3.32. The summed E-state index contributed by atoms with van der Waals surface area (Å²) >= 11 is 0. The normalized spacial score (nSPS) is 15.2. The van der Waals surface area contributed by atoms with E-state index in [-0.39, 0.29) is 17.7 Å². The number of unbranched alkanes of at least 4 members (excludes halogenated alkanes) is 1. The first-order valence-corrected chi connectivity index (χ1v) is 11.0. The van der Waals surface area contributed by atoms with Gasteiger partial charge in [-0.05, 0) is 42.7 Å². The lowest BCUT2D eigenvalue weighted by molar-refractivity contribution is 0.0723. The van der Waals surface area contributed by atoms with Crippen LogP contribution in [0, 0.1) is 0 Å². The van der Waals surface area contributed by atoms with Crippen molar-refractivity contribution in [1.82, 2.24) is 15.1 Å². The van der Waals surface area contributed by atoms with Crippen molar-refractivity contribution in [3.05, 3.63) is 65.4 Å². The number of para-hydroxylation sites is 1. The molecule has 1 amide bonds. The number of phenolic OH excluding ortho intramolecular Hbond substituents is 1. The number of carbonyl (C=O) groups is 1. The predicted molar refractivity (Wildman–Crippen MR) is 122 cm³/mol. The van der Waals surface area contributed by atoms with E-state index < -0.39 is 0 Å². The topological polar surface area (TPSA) is 87.7 Å². The number of hydrogen-bond donors (Lipinski definition) is 2. The molecule has 0 unspecified atom stereocenters. The number of aromatic nitrogens is 2. The second-order valence-electron chi connectivity index (χ2n) is 7.90. The molecule has 2 aromatic carbocycles. The summed E-state index contributed by atoms with van der Waals surface area (Å²) in [6, 6.07) is 14.6. The molecule has 32 heavy (non-hydrogen) atoms. The number of rotatable bonds is 10. The molecule has 0 radical (unpaired) electrons. The Balaban J connectivity index is 1.72. The van der Waals surface area contributed by atoms with E-state index in [1.165, 1.54) is 0 Å². The number of aromatic hydroxyl groups is 1. The number of nitrogens with one attached hydrogen (secondary N) is 1. The molecule has 0 spiro atoms. The first-order chi connectivity index (χ1) is 15.7. The molecule has 2 N–H and O–H groups in total. The molecule has 1 aliphatic rings. The van der Waals surface area contributed by atoms with Crippen LogP contribution in [0.2, 0.25) is 0 Å². The summed E-state index contributed by atoms with van der Waals surface area (Å²) in [5, 5.41) is 17.8. The number of hydrogen-bond acceptors (Lipinski definition) is 5. The Morgan fingerprint density at radius 1 is 1.09 bits per heavy atom. The Labute approximate surface area is 188 Å². The van der Waals surface area contributed by atoms with E-state index in [0.717, 1.165) is 36.1 Å². The first-order valence-electron chi connectivity index (χ1n) is 11.0. The largest absolute Gasteiger partial charge is 0.507 e. The number of aromatic amines is 1. The highest BCUT2D eigenvalue weighted by atomic mass is 16.5. The lowest BCUT2D eigenvalue weighted by Gasteiger charge is -2.26. The highest BCUT2D eigenvalue weighted by molar-refractivity contribution is 6.00. The smallest absolute Gasteiger partial charge is 0.273 e. The SMILES string of the molecule is CCCCOc1ccc([C@H]2c3c(-c4ccccc4O)n[nH]c3C(=O)N2CCCOC)cc1. The van der Waals surface area contributed by atoms with Gasteiger partial charge in [-0.15, -0.1) is 0 Å². The van der Waals surface area contributed by atoms with Crippen molar-refractivity contribution in [2.45, 2.75) is 32.2 Å². The summed E-state index contributed by atoms with van der Waals surface area (Å²) in [5.74, 6) is 0.842. The van der Waals surface area contributed by atoms with Gasteiger partial charge in [0.1, 0.15) is 22.9 Å². The van der Waals surface area contributed by atoms with Crippen molar-refractivity contribution in [3.63, 3.8) is 0 Å².